The van der Waals surface area contributed by atoms with Crippen molar-refractivity contribution >= 4 is 63.3 Å². The lowest BCUT2D eigenvalue weighted by Crippen LogP contribution is -2.34. The number of carbonyl (C=O) groups excluding carboxylic acids is 2. The predicted octanol–water partition coefficient (Wildman–Crippen LogP) is 4.14. The number of aromatic nitrogens is 2. The summed E-state index contributed by atoms with van der Waals surface area (Å²) in [5, 5.41) is 0.533. The maximum atomic E-state index is 13.1. The lowest BCUT2D eigenvalue weighted by Gasteiger charge is -2.16. The van der Waals surface area contributed by atoms with Gasteiger partial charge in [-0.3, -0.25) is 14.4 Å². The van der Waals surface area contributed by atoms with Gasteiger partial charge in [0.05, 0.1) is 21.5 Å². The lowest BCUT2D eigenvalue weighted by molar-refractivity contribution is 0.0996. The van der Waals surface area contributed by atoms with Crippen LogP contribution < -0.4 is 16.1 Å². The first-order chi connectivity index (χ1) is 14.8. The van der Waals surface area contributed by atoms with E-state index in [1.807, 2.05) is 0 Å². The van der Waals surface area contributed by atoms with E-state index >= 15 is 0 Å². The zero-order chi connectivity index (χ0) is 22.3. The van der Waals surface area contributed by atoms with Crippen molar-refractivity contribution in [3.05, 3.63) is 89.2 Å². The highest BCUT2D eigenvalue weighted by Gasteiger charge is 2.22. The summed E-state index contributed by atoms with van der Waals surface area (Å²) in [4.78, 5) is 54.2. The van der Waals surface area contributed by atoms with Gasteiger partial charge in [-0.05, 0) is 30.3 Å². The Balaban J connectivity index is 1.84. The number of amides is 1. The SMILES string of the molecule is CN(C(=O)c1cc(-n2c(=O)[nH]c3cccc(C=O)c3c2=O)c(Cl)s1)c1cccc(Cl)c1. The Morgan fingerprint density at radius 2 is 1.87 bits per heavy atom. The third-order valence-corrected chi connectivity index (χ3v) is 6.27. The van der Waals surface area contributed by atoms with Crippen LogP contribution in [0.4, 0.5) is 5.69 Å². The van der Waals surface area contributed by atoms with Crippen LogP contribution in [0.1, 0.15) is 20.0 Å². The fraction of sp³-hybridized carbons (Fsp3) is 0.0476. The van der Waals surface area contributed by atoms with E-state index < -0.39 is 11.2 Å². The number of thiophene rings is 1. The first kappa shape index (κ1) is 21.0. The summed E-state index contributed by atoms with van der Waals surface area (Å²) in [7, 11) is 1.58. The molecule has 2 heterocycles. The number of hydrogen-bond donors (Lipinski definition) is 1. The second kappa shape index (κ2) is 8.14. The number of aromatic amines is 1. The van der Waals surface area contributed by atoms with E-state index in [0.717, 1.165) is 15.9 Å². The number of rotatable bonds is 4. The van der Waals surface area contributed by atoms with Crippen molar-refractivity contribution in [3.8, 4) is 5.69 Å². The van der Waals surface area contributed by atoms with Crippen molar-refractivity contribution in [1.82, 2.24) is 9.55 Å². The molecule has 10 heteroatoms. The fourth-order valence-electron chi connectivity index (χ4n) is 3.19. The molecule has 1 N–H and O–H groups in total. The van der Waals surface area contributed by atoms with Gasteiger partial charge in [-0.25, -0.2) is 9.36 Å². The molecular weight excluding hydrogens is 461 g/mol. The van der Waals surface area contributed by atoms with Gasteiger partial charge < -0.3 is 9.88 Å². The molecule has 4 aromatic rings. The molecule has 0 aliphatic heterocycles. The monoisotopic (exact) mass is 473 g/mol. The number of benzene rings is 2. The minimum atomic E-state index is -0.734. The zero-order valence-electron chi connectivity index (χ0n) is 15.9. The predicted molar refractivity (Wildman–Crippen MR) is 123 cm³/mol. The molecule has 0 saturated carbocycles. The van der Waals surface area contributed by atoms with Crippen LogP contribution in [0, 0.1) is 0 Å². The number of carbonyl (C=O) groups is 2. The van der Waals surface area contributed by atoms with E-state index in [1.165, 1.54) is 23.1 Å². The Kier molecular flexibility index (Phi) is 5.53. The van der Waals surface area contributed by atoms with Crippen LogP contribution in [0.3, 0.4) is 0 Å². The third kappa shape index (κ3) is 3.69. The average Bonchev–Trinajstić information content (AvgIpc) is 3.13. The van der Waals surface area contributed by atoms with Crippen LogP contribution in [-0.4, -0.2) is 28.8 Å². The summed E-state index contributed by atoms with van der Waals surface area (Å²) in [5.41, 5.74) is -0.441. The quantitative estimate of drug-likeness (QED) is 0.450. The molecule has 0 saturated heterocycles. The van der Waals surface area contributed by atoms with Gasteiger partial charge in [-0.2, -0.15) is 0 Å². The second-order valence-electron chi connectivity index (χ2n) is 6.57. The first-order valence-corrected chi connectivity index (χ1v) is 10.5. The molecule has 0 unspecified atom stereocenters. The third-order valence-electron chi connectivity index (χ3n) is 4.71. The summed E-state index contributed by atoms with van der Waals surface area (Å²) in [6, 6.07) is 12.7. The Labute approximate surface area is 189 Å². The fourth-order valence-corrected chi connectivity index (χ4v) is 4.61. The standard InChI is InChI=1S/C21H13Cl2N3O4S/c1-25(13-6-3-5-12(22)8-13)19(28)16-9-15(18(23)31-16)26-20(29)17-11(10-27)4-2-7-14(17)24-21(26)30/h2-10H,1H3,(H,24,30). The minimum absolute atomic E-state index is 0.0586. The number of H-pyrrole nitrogens is 1. The highest BCUT2D eigenvalue weighted by Crippen LogP contribution is 2.31. The van der Waals surface area contributed by atoms with Crippen molar-refractivity contribution < 1.29 is 9.59 Å². The normalized spacial score (nSPS) is 10.9. The van der Waals surface area contributed by atoms with Crippen LogP contribution in [0.5, 0.6) is 0 Å². The van der Waals surface area contributed by atoms with Crippen LogP contribution in [0.2, 0.25) is 9.36 Å². The van der Waals surface area contributed by atoms with Crippen LogP contribution in [0.25, 0.3) is 16.6 Å². The highest BCUT2D eigenvalue weighted by molar-refractivity contribution is 7.18. The molecule has 2 aromatic carbocycles. The van der Waals surface area contributed by atoms with E-state index in [9.17, 15) is 19.2 Å². The van der Waals surface area contributed by atoms with Crippen LogP contribution in [-0.2, 0) is 0 Å². The number of nitrogens with one attached hydrogen (secondary N) is 1. The Bertz CT molecular complexity index is 1470. The molecule has 0 bridgehead atoms. The van der Waals surface area contributed by atoms with E-state index in [0.29, 0.717) is 17.0 Å². The Hall–Kier alpha value is -3.20. The molecule has 0 spiro atoms. The van der Waals surface area contributed by atoms with E-state index in [-0.39, 0.29) is 37.3 Å². The molecule has 0 fully saturated rings. The van der Waals surface area contributed by atoms with Gasteiger partial charge in [0.2, 0.25) is 0 Å². The summed E-state index contributed by atoms with van der Waals surface area (Å²) in [6.07, 6.45) is 0.538. The molecule has 156 valence electrons. The molecule has 0 atom stereocenters. The summed E-state index contributed by atoms with van der Waals surface area (Å²) < 4.78 is 0.906. The van der Waals surface area contributed by atoms with E-state index in [4.69, 9.17) is 23.2 Å². The number of fused-ring (bicyclic) bond motifs is 1. The van der Waals surface area contributed by atoms with Crippen LogP contribution in [0.15, 0.2) is 58.1 Å². The molecule has 31 heavy (non-hydrogen) atoms. The number of hydrogen-bond acceptors (Lipinski definition) is 5. The number of anilines is 1. The molecule has 0 radical (unpaired) electrons. The minimum Gasteiger partial charge on any atom is -0.311 e. The lowest BCUT2D eigenvalue weighted by atomic mass is 10.1. The first-order valence-electron chi connectivity index (χ1n) is 8.88. The maximum absolute atomic E-state index is 13.1. The number of aldehydes is 1. The largest absolute Gasteiger partial charge is 0.333 e. The van der Waals surface area contributed by atoms with E-state index in [2.05, 4.69) is 4.98 Å². The Morgan fingerprint density at radius 1 is 1.13 bits per heavy atom. The molecular formula is C21H13Cl2N3O4S. The van der Waals surface area contributed by atoms with Crippen LogP contribution >= 0.6 is 34.5 Å². The van der Waals surface area contributed by atoms with Gasteiger partial charge >= 0.3 is 5.69 Å². The van der Waals surface area contributed by atoms with Crippen molar-refractivity contribution in [2.45, 2.75) is 0 Å². The average molecular weight is 474 g/mol. The molecule has 2 aromatic heterocycles. The van der Waals surface area contributed by atoms with Gasteiger partial charge in [-0.15, -0.1) is 11.3 Å². The van der Waals surface area contributed by atoms with Gasteiger partial charge in [0.25, 0.3) is 11.5 Å². The van der Waals surface area contributed by atoms with Crippen molar-refractivity contribution in [2.24, 2.45) is 0 Å². The van der Waals surface area contributed by atoms with Crippen molar-refractivity contribution in [2.75, 3.05) is 11.9 Å². The molecule has 0 aliphatic rings. The second-order valence-corrected chi connectivity index (χ2v) is 8.66. The highest BCUT2D eigenvalue weighted by atomic mass is 35.5. The van der Waals surface area contributed by atoms with E-state index in [1.54, 1.807) is 37.4 Å². The van der Waals surface area contributed by atoms with Crippen molar-refractivity contribution in [3.63, 3.8) is 0 Å². The topological polar surface area (TPSA) is 92.2 Å². The molecule has 4 rings (SSSR count). The van der Waals surface area contributed by atoms with Gasteiger partial charge in [0, 0.05) is 23.3 Å². The molecule has 1 amide bonds. The molecule has 7 nitrogen and oxygen atoms in total. The summed E-state index contributed by atoms with van der Waals surface area (Å²) in [5.74, 6) is -0.390. The zero-order valence-corrected chi connectivity index (χ0v) is 18.2. The number of nitrogens with zero attached hydrogens (tertiary/aromatic N) is 2. The van der Waals surface area contributed by atoms with Crippen molar-refractivity contribution in [1.29, 1.82) is 0 Å². The smallest absolute Gasteiger partial charge is 0.311 e. The van der Waals surface area contributed by atoms with Gasteiger partial charge in [-0.1, -0.05) is 41.4 Å². The maximum Gasteiger partial charge on any atom is 0.333 e. The summed E-state index contributed by atoms with van der Waals surface area (Å²) in [6.45, 7) is 0. The Morgan fingerprint density at radius 3 is 2.58 bits per heavy atom. The van der Waals surface area contributed by atoms with Gasteiger partial charge in [0.15, 0.2) is 6.29 Å². The summed E-state index contributed by atoms with van der Waals surface area (Å²) >= 11 is 13.2. The molecule has 0 aliphatic carbocycles. The number of halogens is 2. The van der Waals surface area contributed by atoms with Gasteiger partial charge in [0.1, 0.15) is 4.34 Å².